The van der Waals surface area contributed by atoms with Crippen molar-refractivity contribution in [2.75, 3.05) is 6.16 Å². The molecule has 0 aliphatic rings. The Morgan fingerprint density at radius 1 is 1.44 bits per heavy atom. The van der Waals surface area contributed by atoms with E-state index in [2.05, 4.69) is 5.16 Å². The van der Waals surface area contributed by atoms with Crippen LogP contribution in [-0.4, -0.2) is 11.9 Å². The van der Waals surface area contributed by atoms with Crippen molar-refractivity contribution in [3.05, 3.63) is 35.9 Å². The second-order valence-electron chi connectivity index (χ2n) is 3.13. The molecule has 0 saturated carbocycles. The molecule has 0 amide bonds. The van der Waals surface area contributed by atoms with Crippen molar-refractivity contribution in [3.63, 3.8) is 0 Å². The van der Waals surface area contributed by atoms with Gasteiger partial charge in [0.1, 0.15) is 6.61 Å². The summed E-state index contributed by atoms with van der Waals surface area (Å²) in [6.45, 7) is 1.99. The summed E-state index contributed by atoms with van der Waals surface area (Å²) in [7, 11) is -2.74. The fourth-order valence-electron chi connectivity index (χ4n) is 1.03. The van der Waals surface area contributed by atoms with Gasteiger partial charge in [0.05, 0.1) is 5.71 Å². The van der Waals surface area contributed by atoms with E-state index >= 15 is 0 Å². The molecule has 0 heterocycles. The molecule has 1 aromatic carbocycles. The van der Waals surface area contributed by atoms with Gasteiger partial charge in [0.2, 0.25) is 0 Å². The molecular formula is C10H13NNaO3P. The Balaban J connectivity index is 0.00000225. The minimum Gasteiger partial charge on any atom is -0.801 e. The molecule has 4 nitrogen and oxygen atoms in total. The van der Waals surface area contributed by atoms with Gasteiger partial charge in [0, 0.05) is 14.2 Å². The summed E-state index contributed by atoms with van der Waals surface area (Å²) in [5.74, 6) is 0. The Bertz CT molecular complexity index is 356. The molecule has 1 aromatic rings. The summed E-state index contributed by atoms with van der Waals surface area (Å²) in [5.41, 5.74) is 1.48. The SMILES string of the molecule is CC(C[PH](=O)[O-])=NOCc1ccccc1.[Na+]. The number of nitrogens with zero attached hydrogens (tertiary/aromatic N) is 1. The zero-order valence-electron chi connectivity index (χ0n) is 9.47. The van der Waals surface area contributed by atoms with Crippen LogP contribution in [0.3, 0.4) is 0 Å². The van der Waals surface area contributed by atoms with Crippen LogP contribution in [0.1, 0.15) is 12.5 Å². The van der Waals surface area contributed by atoms with Crippen LogP contribution < -0.4 is 34.5 Å². The van der Waals surface area contributed by atoms with Gasteiger partial charge in [-0.3, -0.25) is 0 Å². The third-order valence-electron chi connectivity index (χ3n) is 1.69. The summed E-state index contributed by atoms with van der Waals surface area (Å²) < 4.78 is 10.4. The van der Waals surface area contributed by atoms with Crippen molar-refractivity contribution in [2.24, 2.45) is 5.16 Å². The molecular weight excluding hydrogens is 236 g/mol. The van der Waals surface area contributed by atoms with Gasteiger partial charge >= 0.3 is 29.6 Å². The first kappa shape index (κ1) is 15.9. The zero-order chi connectivity index (χ0) is 11.1. The van der Waals surface area contributed by atoms with Crippen LogP contribution in [0.5, 0.6) is 0 Å². The number of rotatable bonds is 5. The van der Waals surface area contributed by atoms with E-state index in [1.54, 1.807) is 6.92 Å². The molecule has 0 aromatic heterocycles. The average Bonchev–Trinajstić information content (AvgIpc) is 2.18. The van der Waals surface area contributed by atoms with E-state index < -0.39 is 8.03 Å². The van der Waals surface area contributed by atoms with Crippen molar-refractivity contribution in [3.8, 4) is 0 Å². The second kappa shape index (κ2) is 8.97. The minimum atomic E-state index is -2.74. The van der Waals surface area contributed by atoms with Gasteiger partial charge in [-0.15, -0.1) is 0 Å². The largest absolute Gasteiger partial charge is 1.00 e. The van der Waals surface area contributed by atoms with Crippen molar-refractivity contribution >= 4 is 13.7 Å². The van der Waals surface area contributed by atoms with Gasteiger partial charge in [-0.1, -0.05) is 35.5 Å². The van der Waals surface area contributed by atoms with E-state index in [1.165, 1.54) is 0 Å². The van der Waals surface area contributed by atoms with Crippen LogP contribution in [0.2, 0.25) is 0 Å². The van der Waals surface area contributed by atoms with Crippen LogP contribution >= 0.6 is 8.03 Å². The van der Waals surface area contributed by atoms with Gasteiger partial charge in [-0.2, -0.15) is 0 Å². The monoisotopic (exact) mass is 249 g/mol. The molecule has 0 spiro atoms. The summed E-state index contributed by atoms with van der Waals surface area (Å²) in [6.07, 6.45) is -0.0144. The zero-order valence-corrected chi connectivity index (χ0v) is 12.5. The Morgan fingerprint density at radius 2 is 2.06 bits per heavy atom. The predicted octanol–water partition coefficient (Wildman–Crippen LogP) is -1.58. The maximum atomic E-state index is 10.4. The van der Waals surface area contributed by atoms with Crippen molar-refractivity contribution < 1.29 is 43.9 Å². The molecule has 82 valence electrons. The first-order valence-electron chi connectivity index (χ1n) is 4.57. The first-order chi connectivity index (χ1) is 7.18. The standard InChI is InChI=1S/C10H14NO3P.Na/c1-9(8-15(12)13)11-14-7-10-5-3-2-4-6-10;/h2-6,15H,7-8H2,1H3,(H,12,13);/q;+1/p-1. The van der Waals surface area contributed by atoms with Crippen molar-refractivity contribution in [1.29, 1.82) is 0 Å². The molecule has 0 bridgehead atoms. The van der Waals surface area contributed by atoms with Gasteiger partial charge in [0.15, 0.2) is 0 Å². The van der Waals surface area contributed by atoms with Crippen LogP contribution in [-0.2, 0) is 16.0 Å². The number of oxime groups is 1. The Hall–Kier alpha value is -0.120. The molecule has 1 atom stereocenters. The third kappa shape index (κ3) is 7.20. The Kier molecular flexibility index (Phi) is 8.90. The summed E-state index contributed by atoms with van der Waals surface area (Å²) in [6, 6.07) is 9.57. The molecule has 0 saturated heterocycles. The van der Waals surface area contributed by atoms with E-state index in [0.29, 0.717) is 12.3 Å². The predicted molar refractivity (Wildman–Crippen MR) is 58.2 cm³/mol. The fourth-order valence-corrected chi connectivity index (χ4v) is 1.51. The molecule has 1 rings (SSSR count). The van der Waals surface area contributed by atoms with E-state index in [0.717, 1.165) is 5.56 Å². The van der Waals surface area contributed by atoms with Gasteiger partial charge in [-0.05, 0) is 12.5 Å². The summed E-state index contributed by atoms with van der Waals surface area (Å²) in [4.78, 5) is 15.4. The maximum absolute atomic E-state index is 10.4. The molecule has 16 heavy (non-hydrogen) atoms. The summed E-state index contributed by atoms with van der Waals surface area (Å²) in [5, 5.41) is 3.70. The van der Waals surface area contributed by atoms with E-state index in [-0.39, 0.29) is 35.7 Å². The van der Waals surface area contributed by atoms with Crippen LogP contribution in [0.4, 0.5) is 0 Å². The topological polar surface area (TPSA) is 61.7 Å². The van der Waals surface area contributed by atoms with Crippen LogP contribution in [0, 0.1) is 0 Å². The Labute approximate surface area is 118 Å². The maximum Gasteiger partial charge on any atom is 1.00 e. The smallest absolute Gasteiger partial charge is 0.801 e. The second-order valence-corrected chi connectivity index (χ2v) is 4.23. The van der Waals surface area contributed by atoms with Gasteiger partial charge in [0.25, 0.3) is 0 Å². The molecule has 0 fully saturated rings. The van der Waals surface area contributed by atoms with E-state index in [1.807, 2.05) is 30.3 Å². The van der Waals surface area contributed by atoms with Crippen LogP contribution in [0.25, 0.3) is 0 Å². The third-order valence-corrected chi connectivity index (χ3v) is 2.49. The van der Waals surface area contributed by atoms with E-state index in [4.69, 9.17) is 4.84 Å². The van der Waals surface area contributed by atoms with Crippen LogP contribution in [0.15, 0.2) is 35.5 Å². The van der Waals surface area contributed by atoms with Crippen molar-refractivity contribution in [2.45, 2.75) is 13.5 Å². The number of hydrogen-bond donors (Lipinski definition) is 0. The molecule has 1 unspecified atom stereocenters. The van der Waals surface area contributed by atoms with Gasteiger partial charge in [-0.25, -0.2) is 0 Å². The fraction of sp³-hybridized carbons (Fsp3) is 0.300. The number of hydrogen-bond acceptors (Lipinski definition) is 4. The van der Waals surface area contributed by atoms with E-state index in [9.17, 15) is 9.46 Å². The minimum absolute atomic E-state index is 0. The summed E-state index contributed by atoms with van der Waals surface area (Å²) >= 11 is 0. The first-order valence-corrected chi connectivity index (χ1v) is 6.10. The average molecular weight is 249 g/mol. The molecule has 6 heteroatoms. The molecule has 0 radical (unpaired) electrons. The molecule has 0 aliphatic carbocycles. The molecule has 0 aliphatic heterocycles. The quantitative estimate of drug-likeness (QED) is 0.274. The molecule has 0 N–H and O–H groups in total. The normalized spacial score (nSPS) is 12.8. The van der Waals surface area contributed by atoms with Gasteiger partial charge < -0.3 is 14.3 Å². The van der Waals surface area contributed by atoms with Crippen molar-refractivity contribution in [1.82, 2.24) is 0 Å². The Morgan fingerprint density at radius 3 is 2.62 bits per heavy atom. The number of benzene rings is 1.